The first-order valence-electron chi connectivity index (χ1n) is 9.56. The Morgan fingerprint density at radius 2 is 1.83 bits per heavy atom. The van der Waals surface area contributed by atoms with Crippen LogP contribution in [0.2, 0.25) is 0 Å². The highest BCUT2D eigenvalue weighted by Gasteiger charge is 2.44. The minimum atomic E-state index is -1.57. The fourth-order valence-electron chi connectivity index (χ4n) is 3.72. The van der Waals surface area contributed by atoms with Crippen LogP contribution in [0.3, 0.4) is 0 Å². The monoisotopic (exact) mass is 420 g/mol. The van der Waals surface area contributed by atoms with Crippen molar-refractivity contribution in [3.05, 3.63) is 41.7 Å². The smallest absolute Gasteiger partial charge is 0.186 e. The van der Waals surface area contributed by atoms with Crippen LogP contribution in [-0.4, -0.2) is 84.5 Å². The van der Waals surface area contributed by atoms with E-state index in [1.165, 1.54) is 0 Å². The normalized spacial score (nSPS) is 28.3. The van der Waals surface area contributed by atoms with Crippen molar-refractivity contribution in [2.24, 2.45) is 0 Å². The predicted octanol–water partition coefficient (Wildman–Crippen LogP) is -0.942. The minimum absolute atomic E-state index is 0.248. The maximum Gasteiger partial charge on any atom is 0.186 e. The number of aromatic nitrogens is 2. The fourth-order valence-corrected chi connectivity index (χ4v) is 3.72. The number of fused-ring (bicyclic) bond motifs is 3. The number of para-hydroxylation sites is 1. The van der Waals surface area contributed by atoms with Gasteiger partial charge in [-0.2, -0.15) is 0 Å². The summed E-state index contributed by atoms with van der Waals surface area (Å²) in [5, 5.41) is 61.0. The molecule has 1 saturated heterocycles. The summed E-state index contributed by atoms with van der Waals surface area (Å²) in [6.07, 6.45) is -8.37. The summed E-state index contributed by atoms with van der Waals surface area (Å²) in [4.78, 5) is 7.52. The maximum atomic E-state index is 10.7. The summed E-state index contributed by atoms with van der Waals surface area (Å²) in [5.41, 5.74) is 2.04. The van der Waals surface area contributed by atoms with Crippen molar-refractivity contribution in [2.45, 2.75) is 43.4 Å². The summed E-state index contributed by atoms with van der Waals surface area (Å²) in [6, 6.07) is 9.29. The molecule has 10 heteroatoms. The van der Waals surface area contributed by atoms with Gasteiger partial charge in [0.15, 0.2) is 6.29 Å². The van der Waals surface area contributed by atoms with E-state index in [0.717, 1.165) is 16.3 Å². The van der Waals surface area contributed by atoms with Crippen molar-refractivity contribution in [1.82, 2.24) is 9.97 Å². The van der Waals surface area contributed by atoms with Crippen LogP contribution in [0.15, 0.2) is 30.3 Å². The molecule has 3 heterocycles. The molecule has 1 aliphatic rings. The average molecular weight is 420 g/mol. The van der Waals surface area contributed by atoms with Crippen LogP contribution in [0.25, 0.3) is 21.8 Å². The number of hydrogen-bond acceptors (Lipinski definition) is 9. The minimum Gasteiger partial charge on any atom is -0.394 e. The molecule has 0 aliphatic carbocycles. The van der Waals surface area contributed by atoms with E-state index in [9.17, 15) is 30.6 Å². The second kappa shape index (κ2) is 8.53. The first-order chi connectivity index (χ1) is 14.4. The molecule has 0 saturated carbocycles. The number of aliphatic hydroxyl groups excluding tert-OH is 6. The van der Waals surface area contributed by atoms with E-state index in [4.69, 9.17) is 9.47 Å². The maximum absolute atomic E-state index is 10.7. The third-order valence-corrected chi connectivity index (χ3v) is 5.32. The number of H-pyrrole nitrogens is 1. The number of rotatable bonds is 6. The quantitative estimate of drug-likeness (QED) is 0.266. The Morgan fingerprint density at radius 1 is 1.07 bits per heavy atom. The molecule has 0 bridgehead atoms. The Kier molecular flexibility index (Phi) is 6.00. The Labute approximate surface area is 170 Å². The molecular formula is C20H24N2O8. The topological polar surface area (TPSA) is 169 Å². The van der Waals surface area contributed by atoms with Gasteiger partial charge in [0.25, 0.3) is 0 Å². The van der Waals surface area contributed by atoms with Crippen molar-refractivity contribution in [3.8, 4) is 0 Å². The first kappa shape index (κ1) is 21.1. The van der Waals surface area contributed by atoms with Gasteiger partial charge in [0, 0.05) is 16.3 Å². The molecule has 1 fully saturated rings. The van der Waals surface area contributed by atoms with Gasteiger partial charge in [-0.05, 0) is 12.1 Å². The van der Waals surface area contributed by atoms with Crippen molar-refractivity contribution in [1.29, 1.82) is 0 Å². The highest BCUT2D eigenvalue weighted by atomic mass is 16.7. The highest BCUT2D eigenvalue weighted by Crippen LogP contribution is 2.31. The molecule has 10 nitrogen and oxygen atoms in total. The van der Waals surface area contributed by atoms with Gasteiger partial charge < -0.3 is 45.1 Å². The van der Waals surface area contributed by atoms with Gasteiger partial charge in [-0.1, -0.05) is 18.2 Å². The molecule has 30 heavy (non-hydrogen) atoms. The predicted molar refractivity (Wildman–Crippen MR) is 104 cm³/mol. The van der Waals surface area contributed by atoms with Crippen molar-refractivity contribution >= 4 is 21.8 Å². The molecule has 4 rings (SSSR count). The molecule has 1 aliphatic heterocycles. The first-order valence-corrected chi connectivity index (χ1v) is 9.56. The zero-order valence-corrected chi connectivity index (χ0v) is 15.9. The van der Waals surface area contributed by atoms with Gasteiger partial charge in [0.1, 0.15) is 30.5 Å². The average Bonchev–Trinajstić information content (AvgIpc) is 3.14. The van der Waals surface area contributed by atoms with Gasteiger partial charge in [0.2, 0.25) is 0 Å². The molecule has 3 aromatic rings. The standard InChI is InChI=1S/C20H24N2O8/c23-6-9-5-11-10-3-1-2-4-12(10)22-15(11)16(21-9)13(25)8-29-20-19(28)18(27)17(26)14(7-24)30-20/h1-5,13-14,17-20,22-28H,6-8H2. The molecule has 162 valence electrons. The molecule has 1 aromatic carbocycles. The van der Waals surface area contributed by atoms with E-state index in [1.54, 1.807) is 6.07 Å². The number of nitrogens with zero attached hydrogens (tertiary/aromatic N) is 1. The van der Waals surface area contributed by atoms with E-state index in [-0.39, 0.29) is 18.9 Å². The van der Waals surface area contributed by atoms with E-state index >= 15 is 0 Å². The summed E-state index contributed by atoms with van der Waals surface area (Å²) in [6.45, 7) is -1.25. The zero-order valence-electron chi connectivity index (χ0n) is 15.9. The van der Waals surface area contributed by atoms with Crippen LogP contribution in [0.5, 0.6) is 0 Å². The van der Waals surface area contributed by atoms with Crippen LogP contribution in [0.4, 0.5) is 0 Å². The third-order valence-electron chi connectivity index (χ3n) is 5.32. The molecule has 7 N–H and O–H groups in total. The van der Waals surface area contributed by atoms with Crippen LogP contribution in [-0.2, 0) is 16.1 Å². The summed E-state index contributed by atoms with van der Waals surface area (Å²) >= 11 is 0. The van der Waals surface area contributed by atoms with E-state index in [0.29, 0.717) is 11.2 Å². The van der Waals surface area contributed by atoms with Crippen LogP contribution in [0, 0.1) is 0 Å². The number of hydrogen-bond donors (Lipinski definition) is 7. The van der Waals surface area contributed by atoms with E-state index < -0.39 is 43.4 Å². The van der Waals surface area contributed by atoms with Crippen molar-refractivity contribution < 1.29 is 40.1 Å². The zero-order chi connectivity index (χ0) is 21.4. The van der Waals surface area contributed by atoms with Crippen LogP contribution >= 0.6 is 0 Å². The number of nitrogens with one attached hydrogen (secondary N) is 1. The Hall–Kier alpha value is -2.15. The molecule has 2 aromatic heterocycles. The molecule has 0 amide bonds. The Bertz CT molecular complexity index is 1020. The highest BCUT2D eigenvalue weighted by molar-refractivity contribution is 6.08. The van der Waals surface area contributed by atoms with Gasteiger partial charge in [-0.3, -0.25) is 4.98 Å². The van der Waals surface area contributed by atoms with Gasteiger partial charge in [0.05, 0.1) is 36.7 Å². The molecular weight excluding hydrogens is 396 g/mol. The van der Waals surface area contributed by atoms with Crippen LogP contribution in [0.1, 0.15) is 17.5 Å². The fraction of sp³-hybridized carbons (Fsp3) is 0.450. The van der Waals surface area contributed by atoms with Gasteiger partial charge >= 0.3 is 0 Å². The summed E-state index contributed by atoms with van der Waals surface area (Å²) in [7, 11) is 0. The van der Waals surface area contributed by atoms with Crippen molar-refractivity contribution in [2.75, 3.05) is 13.2 Å². The number of benzene rings is 1. The summed E-state index contributed by atoms with van der Waals surface area (Å²) in [5.74, 6) is 0. The van der Waals surface area contributed by atoms with Crippen molar-refractivity contribution in [3.63, 3.8) is 0 Å². The second-order valence-electron chi connectivity index (χ2n) is 7.30. The van der Waals surface area contributed by atoms with Crippen LogP contribution < -0.4 is 0 Å². The lowest BCUT2D eigenvalue weighted by atomic mass is 9.99. The van der Waals surface area contributed by atoms with Gasteiger partial charge in [-0.15, -0.1) is 0 Å². The lowest BCUT2D eigenvalue weighted by Gasteiger charge is -2.39. The third kappa shape index (κ3) is 3.68. The second-order valence-corrected chi connectivity index (χ2v) is 7.30. The van der Waals surface area contributed by atoms with Gasteiger partial charge in [-0.25, -0.2) is 0 Å². The van der Waals surface area contributed by atoms with E-state index in [2.05, 4.69) is 9.97 Å². The molecule has 6 unspecified atom stereocenters. The number of aromatic amines is 1. The molecule has 0 radical (unpaired) electrons. The Balaban J connectivity index is 1.59. The SMILES string of the molecule is OCc1cc2c([nH]c3ccccc32)c(C(O)COC2OC(CO)C(O)C(O)C2O)n1. The number of aliphatic hydroxyl groups is 6. The Morgan fingerprint density at radius 3 is 2.57 bits per heavy atom. The number of ether oxygens (including phenoxy) is 2. The lowest BCUT2D eigenvalue weighted by Crippen LogP contribution is -2.59. The molecule has 0 spiro atoms. The summed E-state index contributed by atoms with van der Waals surface area (Å²) < 4.78 is 10.7. The molecule has 6 atom stereocenters. The largest absolute Gasteiger partial charge is 0.394 e. The number of pyridine rings is 1. The lowest BCUT2D eigenvalue weighted by molar-refractivity contribution is -0.304. The van der Waals surface area contributed by atoms with E-state index in [1.807, 2.05) is 24.3 Å².